The number of aryl methyl sites for hydroxylation is 2. The molecule has 2 aromatic heterocycles. The molecule has 2 aromatic carbocycles. The number of ether oxygens (including phenoxy) is 2. The van der Waals surface area contributed by atoms with Crippen molar-refractivity contribution in [2.75, 3.05) is 6.79 Å². The maximum absolute atomic E-state index is 5.48. The summed E-state index contributed by atoms with van der Waals surface area (Å²) in [5.74, 6) is 1.51. The topological polar surface area (TPSA) is 48.1 Å². The van der Waals surface area contributed by atoms with Crippen LogP contribution < -0.4 is 14.3 Å². The van der Waals surface area contributed by atoms with E-state index in [0.717, 1.165) is 49.2 Å². The van der Waals surface area contributed by atoms with E-state index < -0.39 is 0 Å². The highest BCUT2D eigenvalue weighted by molar-refractivity contribution is 7.14. The number of fused-ring (bicyclic) bond motifs is 1. The van der Waals surface area contributed by atoms with Gasteiger partial charge in [0.25, 0.3) is 0 Å². The first-order valence-corrected chi connectivity index (χ1v) is 11.2. The van der Waals surface area contributed by atoms with Crippen molar-refractivity contribution < 1.29 is 9.47 Å². The molecule has 0 atom stereocenters. The van der Waals surface area contributed by atoms with E-state index in [0.29, 0.717) is 0 Å². The summed E-state index contributed by atoms with van der Waals surface area (Å²) in [6.45, 7) is 4.43. The summed E-state index contributed by atoms with van der Waals surface area (Å²) in [5, 5.41) is 8.97. The van der Waals surface area contributed by atoms with Crippen LogP contribution in [0.5, 0.6) is 11.5 Å². The lowest BCUT2D eigenvalue weighted by Crippen LogP contribution is -2.11. The number of benzene rings is 2. The monoisotopic (exact) mass is 433 g/mol. The van der Waals surface area contributed by atoms with E-state index >= 15 is 0 Å². The highest BCUT2D eigenvalue weighted by atomic mass is 32.1. The number of aromatic nitrogens is 1. The SMILES string of the molecule is Cc1cccc(C)c1N=c1scc(-c2cccs2)n1N=Cc1ccc2c(c1)OCO2. The summed E-state index contributed by atoms with van der Waals surface area (Å²) < 4.78 is 12.8. The molecule has 0 bridgehead atoms. The maximum atomic E-state index is 5.48. The van der Waals surface area contributed by atoms with Crippen LogP contribution >= 0.6 is 22.7 Å². The van der Waals surface area contributed by atoms with Crippen molar-refractivity contribution in [3.8, 4) is 22.1 Å². The molecule has 0 spiro atoms. The van der Waals surface area contributed by atoms with Crippen LogP contribution in [0.25, 0.3) is 10.6 Å². The number of thiazole rings is 1. The molecule has 30 heavy (non-hydrogen) atoms. The summed E-state index contributed by atoms with van der Waals surface area (Å²) in [4.78, 5) is 6.95. The Kier molecular flexibility index (Phi) is 4.98. The van der Waals surface area contributed by atoms with Gasteiger partial charge in [-0.15, -0.1) is 22.7 Å². The van der Waals surface area contributed by atoms with Gasteiger partial charge in [-0.2, -0.15) is 5.10 Å². The van der Waals surface area contributed by atoms with Crippen molar-refractivity contribution in [1.29, 1.82) is 0 Å². The predicted molar refractivity (Wildman–Crippen MR) is 122 cm³/mol. The number of para-hydroxylation sites is 1. The maximum Gasteiger partial charge on any atom is 0.231 e. The Morgan fingerprint density at radius 3 is 2.60 bits per heavy atom. The number of rotatable bonds is 4. The van der Waals surface area contributed by atoms with Gasteiger partial charge < -0.3 is 9.47 Å². The van der Waals surface area contributed by atoms with Gasteiger partial charge in [-0.25, -0.2) is 9.67 Å². The zero-order chi connectivity index (χ0) is 20.5. The largest absolute Gasteiger partial charge is 0.454 e. The minimum atomic E-state index is 0.260. The van der Waals surface area contributed by atoms with Crippen molar-refractivity contribution >= 4 is 34.6 Å². The lowest BCUT2D eigenvalue weighted by Gasteiger charge is -2.05. The zero-order valence-corrected chi connectivity index (χ0v) is 18.2. The first kappa shape index (κ1) is 18.8. The van der Waals surface area contributed by atoms with Crippen LogP contribution in [-0.2, 0) is 0 Å². The number of hydrogen-bond donors (Lipinski definition) is 0. The van der Waals surface area contributed by atoms with Crippen LogP contribution in [0.15, 0.2) is 69.4 Å². The fraction of sp³-hybridized carbons (Fsp3) is 0.130. The molecule has 1 aliphatic rings. The van der Waals surface area contributed by atoms with Gasteiger partial charge in [0.15, 0.2) is 11.5 Å². The van der Waals surface area contributed by atoms with E-state index in [1.807, 2.05) is 35.2 Å². The molecule has 5 rings (SSSR count). The second kappa shape index (κ2) is 7.93. The molecule has 0 unspecified atom stereocenters. The molecule has 0 fully saturated rings. The van der Waals surface area contributed by atoms with E-state index in [9.17, 15) is 0 Å². The van der Waals surface area contributed by atoms with Crippen LogP contribution in [0.3, 0.4) is 0 Å². The van der Waals surface area contributed by atoms with Crippen molar-refractivity contribution in [2.24, 2.45) is 10.1 Å². The molecule has 7 heteroatoms. The highest BCUT2D eigenvalue weighted by Gasteiger charge is 2.13. The minimum Gasteiger partial charge on any atom is -0.454 e. The van der Waals surface area contributed by atoms with Crippen molar-refractivity contribution in [3.63, 3.8) is 0 Å². The summed E-state index contributed by atoms with van der Waals surface area (Å²) in [7, 11) is 0. The number of thiophene rings is 1. The van der Waals surface area contributed by atoms with Crippen molar-refractivity contribution in [1.82, 2.24) is 4.68 Å². The standard InChI is InChI=1S/C23H19N3O2S2/c1-15-5-3-6-16(2)22(15)25-23-26(18(13-30-23)21-7-4-10-29-21)24-12-17-8-9-19-20(11-17)28-14-27-19/h3-13H,14H2,1-2H3. The number of nitrogens with zero attached hydrogens (tertiary/aromatic N) is 3. The highest BCUT2D eigenvalue weighted by Crippen LogP contribution is 2.32. The second-order valence-corrected chi connectivity index (χ2v) is 8.69. The van der Waals surface area contributed by atoms with Crippen molar-refractivity contribution in [2.45, 2.75) is 13.8 Å². The van der Waals surface area contributed by atoms with Gasteiger partial charge in [0.2, 0.25) is 11.6 Å². The molecule has 150 valence electrons. The average Bonchev–Trinajstić information content (AvgIpc) is 3.49. The molecule has 0 amide bonds. The summed E-state index contributed by atoms with van der Waals surface area (Å²) >= 11 is 3.27. The molecule has 4 aromatic rings. The molecular formula is C23H19N3O2S2. The summed E-state index contributed by atoms with van der Waals surface area (Å²) in [6, 6.07) is 16.2. The second-order valence-electron chi connectivity index (χ2n) is 6.90. The zero-order valence-electron chi connectivity index (χ0n) is 16.5. The Bertz CT molecular complexity index is 1280. The smallest absolute Gasteiger partial charge is 0.231 e. The van der Waals surface area contributed by atoms with E-state index in [1.54, 1.807) is 22.7 Å². The quantitative estimate of drug-likeness (QED) is 0.386. The fourth-order valence-corrected chi connectivity index (χ4v) is 4.91. The van der Waals surface area contributed by atoms with Gasteiger partial charge in [0, 0.05) is 5.38 Å². The van der Waals surface area contributed by atoms with Gasteiger partial charge >= 0.3 is 0 Å². The Morgan fingerprint density at radius 2 is 1.80 bits per heavy atom. The molecule has 0 radical (unpaired) electrons. The molecule has 5 nitrogen and oxygen atoms in total. The molecule has 0 aliphatic carbocycles. The summed E-state index contributed by atoms with van der Waals surface area (Å²) in [5.41, 5.74) is 5.24. The lowest BCUT2D eigenvalue weighted by molar-refractivity contribution is 0.174. The van der Waals surface area contributed by atoms with Gasteiger partial charge in [-0.3, -0.25) is 0 Å². The molecular weight excluding hydrogens is 414 g/mol. The van der Waals surface area contributed by atoms with Crippen molar-refractivity contribution in [3.05, 3.63) is 80.8 Å². The van der Waals surface area contributed by atoms with Gasteiger partial charge in [0.1, 0.15) is 0 Å². The van der Waals surface area contributed by atoms with E-state index in [4.69, 9.17) is 19.6 Å². The van der Waals surface area contributed by atoms with Crippen LogP contribution in [0, 0.1) is 13.8 Å². The Labute approximate surface area is 182 Å². The first-order chi connectivity index (χ1) is 14.7. The lowest BCUT2D eigenvalue weighted by atomic mass is 10.1. The average molecular weight is 434 g/mol. The van der Waals surface area contributed by atoms with E-state index in [2.05, 4.69) is 48.9 Å². The van der Waals surface area contributed by atoms with E-state index in [1.165, 1.54) is 0 Å². The molecule has 0 saturated carbocycles. The normalized spacial score (nSPS) is 13.5. The molecule has 1 aliphatic heterocycles. The van der Waals surface area contributed by atoms with Crippen LogP contribution in [0.2, 0.25) is 0 Å². The Morgan fingerprint density at radius 1 is 0.967 bits per heavy atom. The van der Waals surface area contributed by atoms with Crippen LogP contribution in [-0.4, -0.2) is 17.7 Å². The van der Waals surface area contributed by atoms with Gasteiger partial charge in [-0.1, -0.05) is 24.3 Å². The van der Waals surface area contributed by atoms with E-state index in [-0.39, 0.29) is 6.79 Å². The number of hydrogen-bond acceptors (Lipinski definition) is 6. The Hall–Kier alpha value is -3.16. The molecule has 0 N–H and O–H groups in total. The van der Waals surface area contributed by atoms with Crippen LogP contribution in [0.4, 0.5) is 5.69 Å². The van der Waals surface area contributed by atoms with Gasteiger partial charge in [0.05, 0.1) is 22.5 Å². The fourth-order valence-electron chi connectivity index (χ4n) is 3.28. The summed E-state index contributed by atoms with van der Waals surface area (Å²) in [6.07, 6.45) is 1.83. The minimum absolute atomic E-state index is 0.260. The Balaban J connectivity index is 1.62. The van der Waals surface area contributed by atoms with Crippen LogP contribution in [0.1, 0.15) is 16.7 Å². The molecule has 0 saturated heterocycles. The predicted octanol–water partition coefficient (Wildman–Crippen LogP) is 5.74. The first-order valence-electron chi connectivity index (χ1n) is 9.48. The third kappa shape index (κ3) is 3.58. The third-order valence-electron chi connectivity index (χ3n) is 4.82. The van der Waals surface area contributed by atoms with Gasteiger partial charge in [-0.05, 0) is 60.2 Å². The third-order valence-corrected chi connectivity index (χ3v) is 6.53. The molecule has 3 heterocycles.